The first-order chi connectivity index (χ1) is 19.9. The van der Waals surface area contributed by atoms with Gasteiger partial charge in [-0.05, 0) is 44.4 Å². The van der Waals surface area contributed by atoms with Gasteiger partial charge in [0.05, 0.1) is 29.0 Å². The molecule has 1 unspecified atom stereocenters. The van der Waals surface area contributed by atoms with Crippen LogP contribution in [0.2, 0.25) is 0 Å². The predicted molar refractivity (Wildman–Crippen MR) is 149 cm³/mol. The number of sulfonamides is 1. The van der Waals surface area contributed by atoms with Crippen molar-refractivity contribution < 1.29 is 26.3 Å². The molecule has 6 heterocycles. The lowest BCUT2D eigenvalue weighted by Gasteiger charge is -2.40. The second-order valence-corrected chi connectivity index (χ2v) is 12.8. The molecule has 2 atom stereocenters. The van der Waals surface area contributed by atoms with Crippen LogP contribution in [0.1, 0.15) is 32.4 Å². The molecule has 0 aliphatic carbocycles. The van der Waals surface area contributed by atoms with Crippen molar-refractivity contribution in [1.82, 2.24) is 38.6 Å². The number of aromatic nitrogens is 7. The third kappa shape index (κ3) is 5.38. The van der Waals surface area contributed by atoms with Crippen molar-refractivity contribution in [3.63, 3.8) is 0 Å². The largest absolute Gasteiger partial charge is 0.408 e. The van der Waals surface area contributed by atoms with E-state index >= 15 is 0 Å². The van der Waals surface area contributed by atoms with E-state index in [4.69, 9.17) is 9.72 Å². The van der Waals surface area contributed by atoms with Crippen LogP contribution >= 0.6 is 0 Å². The van der Waals surface area contributed by atoms with E-state index in [1.54, 1.807) is 47.0 Å². The average Bonchev–Trinajstić information content (AvgIpc) is 3.66. The molecule has 12 nitrogen and oxygen atoms in total. The Hall–Kier alpha value is -3.50. The quantitative estimate of drug-likeness (QED) is 0.328. The highest BCUT2D eigenvalue weighted by Crippen LogP contribution is 2.39. The maximum Gasteiger partial charge on any atom is 0.408 e. The molecule has 226 valence electrons. The van der Waals surface area contributed by atoms with Gasteiger partial charge in [0.2, 0.25) is 10.0 Å². The summed E-state index contributed by atoms with van der Waals surface area (Å²) in [6.45, 7) is 1.76. The number of rotatable bonds is 6. The molecule has 4 aromatic rings. The molecule has 4 aromatic heterocycles. The summed E-state index contributed by atoms with van der Waals surface area (Å²) < 4.78 is 78.0. The van der Waals surface area contributed by atoms with Gasteiger partial charge < -0.3 is 9.64 Å². The number of piperazine rings is 1. The van der Waals surface area contributed by atoms with Crippen LogP contribution in [0.4, 0.5) is 18.9 Å². The van der Waals surface area contributed by atoms with E-state index in [1.165, 1.54) is 4.31 Å². The van der Waals surface area contributed by atoms with Crippen molar-refractivity contribution >= 4 is 26.7 Å². The fourth-order valence-electron chi connectivity index (χ4n) is 5.83. The van der Waals surface area contributed by atoms with E-state index in [0.29, 0.717) is 29.4 Å². The van der Waals surface area contributed by atoms with Gasteiger partial charge in [0.25, 0.3) is 0 Å². The Morgan fingerprint density at radius 2 is 1.86 bits per heavy atom. The lowest BCUT2D eigenvalue weighted by molar-refractivity contribution is -0.141. The van der Waals surface area contributed by atoms with Crippen molar-refractivity contribution in [3.05, 3.63) is 30.6 Å². The lowest BCUT2D eigenvalue weighted by atomic mass is 10.1. The Labute approximate surface area is 240 Å². The molecule has 0 spiro atoms. The summed E-state index contributed by atoms with van der Waals surface area (Å²) >= 11 is 0. The fraction of sp³-hybridized carbons (Fsp3) is 0.538. The zero-order chi connectivity index (χ0) is 29.8. The van der Waals surface area contributed by atoms with Gasteiger partial charge in [-0.15, -0.1) is 0 Å². The van der Waals surface area contributed by atoms with Crippen LogP contribution in [-0.2, 0) is 28.4 Å². The van der Waals surface area contributed by atoms with Crippen LogP contribution in [0.5, 0.6) is 0 Å². The second kappa shape index (κ2) is 10.6. The topological polar surface area (TPSA) is 116 Å². The molecule has 2 saturated heterocycles. The fourth-order valence-corrected chi connectivity index (χ4v) is 6.73. The summed E-state index contributed by atoms with van der Waals surface area (Å²) in [6, 6.07) is 4.90. The molecule has 2 aliphatic heterocycles. The molecule has 0 saturated carbocycles. The van der Waals surface area contributed by atoms with Crippen LogP contribution < -0.4 is 4.90 Å². The van der Waals surface area contributed by atoms with Gasteiger partial charge in [-0.3, -0.25) is 9.36 Å². The van der Waals surface area contributed by atoms with Gasteiger partial charge in [0.1, 0.15) is 23.3 Å². The molecule has 42 heavy (non-hydrogen) atoms. The number of hydrogen-bond acceptors (Lipinski definition) is 8. The number of pyridine rings is 1. The number of aryl methyl sites for hydroxylation is 1. The summed E-state index contributed by atoms with van der Waals surface area (Å²) in [5.74, 6) is 0. The third-order valence-electron chi connectivity index (χ3n) is 7.80. The standard InChI is InChI=1S/C26H32F3N9O3S/c1-17-15-35(42(3,39)40)11-12-36(17)21-14-18(19-7-9-30-34(19)2)32-24-23(33-37(25(21)24)16-26(27,28)29)20-8-10-31-38(20)22-6-4-5-13-41-22/h7-10,14,17,22H,4-6,11-13,15-16H2,1-3H3/t17-,22?/m1/s1. The SMILES string of the molecule is C[C@@H]1CN(S(C)(=O)=O)CCN1c1cc(-c2ccnn2C)nc2c(-c3ccnn3C3CCCCO3)nn(CC(F)(F)F)c12. The zero-order valence-electron chi connectivity index (χ0n) is 23.5. The first-order valence-corrected chi connectivity index (χ1v) is 15.6. The Kier molecular flexibility index (Phi) is 7.25. The van der Waals surface area contributed by atoms with Crippen molar-refractivity contribution in [1.29, 1.82) is 0 Å². The number of ether oxygens (including phenoxy) is 1. The van der Waals surface area contributed by atoms with Crippen LogP contribution in [0.3, 0.4) is 0 Å². The average molecular weight is 608 g/mol. The zero-order valence-corrected chi connectivity index (χ0v) is 24.3. The van der Waals surface area contributed by atoms with E-state index in [9.17, 15) is 21.6 Å². The summed E-state index contributed by atoms with van der Waals surface area (Å²) in [7, 11) is -1.67. The number of fused-ring (bicyclic) bond motifs is 1. The third-order valence-corrected chi connectivity index (χ3v) is 9.07. The van der Waals surface area contributed by atoms with Gasteiger partial charge in [-0.2, -0.15) is 32.8 Å². The molecular weight excluding hydrogens is 575 g/mol. The minimum Gasteiger partial charge on any atom is -0.364 e. The molecule has 0 bridgehead atoms. The molecule has 6 rings (SSSR count). The summed E-state index contributed by atoms with van der Waals surface area (Å²) in [4.78, 5) is 6.82. The lowest BCUT2D eigenvalue weighted by Crippen LogP contribution is -2.53. The molecular formula is C26H32F3N9O3S. The van der Waals surface area contributed by atoms with Crippen molar-refractivity contribution in [2.75, 3.05) is 37.4 Å². The highest BCUT2D eigenvalue weighted by atomic mass is 32.2. The van der Waals surface area contributed by atoms with Gasteiger partial charge >= 0.3 is 6.18 Å². The van der Waals surface area contributed by atoms with Crippen LogP contribution in [0.25, 0.3) is 33.8 Å². The van der Waals surface area contributed by atoms with E-state index in [-0.39, 0.29) is 48.6 Å². The highest BCUT2D eigenvalue weighted by Gasteiger charge is 2.36. The van der Waals surface area contributed by atoms with Gasteiger partial charge in [0.15, 0.2) is 6.23 Å². The molecule has 0 amide bonds. The van der Waals surface area contributed by atoms with Crippen molar-refractivity contribution in [3.8, 4) is 22.8 Å². The van der Waals surface area contributed by atoms with E-state index in [1.807, 2.05) is 11.8 Å². The number of nitrogens with zero attached hydrogens (tertiary/aromatic N) is 9. The molecule has 16 heteroatoms. The predicted octanol–water partition coefficient (Wildman–Crippen LogP) is 3.43. The Balaban J connectivity index is 1.58. The second-order valence-electron chi connectivity index (χ2n) is 10.8. The number of anilines is 1. The normalized spacial score (nSPS) is 21.0. The first kappa shape index (κ1) is 28.6. The van der Waals surface area contributed by atoms with Crippen molar-refractivity contribution in [2.24, 2.45) is 7.05 Å². The van der Waals surface area contributed by atoms with Crippen LogP contribution in [0, 0.1) is 0 Å². The summed E-state index contributed by atoms with van der Waals surface area (Å²) in [6.07, 6.45) is 2.04. The van der Waals surface area contributed by atoms with E-state index in [0.717, 1.165) is 30.2 Å². The van der Waals surface area contributed by atoms with Gasteiger partial charge in [-0.25, -0.2) is 18.1 Å². The number of halogens is 3. The first-order valence-electron chi connectivity index (χ1n) is 13.7. The highest BCUT2D eigenvalue weighted by molar-refractivity contribution is 7.88. The molecule has 0 N–H and O–H groups in total. The van der Waals surface area contributed by atoms with Crippen LogP contribution in [0.15, 0.2) is 30.6 Å². The monoisotopic (exact) mass is 607 g/mol. The van der Waals surface area contributed by atoms with Gasteiger partial charge in [-0.1, -0.05) is 0 Å². The Bertz CT molecular complexity index is 1710. The molecule has 2 aliphatic rings. The smallest absolute Gasteiger partial charge is 0.364 e. The van der Waals surface area contributed by atoms with Crippen molar-refractivity contribution in [2.45, 2.75) is 51.2 Å². The van der Waals surface area contributed by atoms with Gasteiger partial charge in [0, 0.05) is 51.7 Å². The van der Waals surface area contributed by atoms with E-state index in [2.05, 4.69) is 15.3 Å². The maximum absolute atomic E-state index is 14.0. The summed E-state index contributed by atoms with van der Waals surface area (Å²) in [5, 5.41) is 13.2. The Morgan fingerprint density at radius 3 is 2.50 bits per heavy atom. The minimum absolute atomic E-state index is 0.190. The van der Waals surface area contributed by atoms with E-state index < -0.39 is 22.7 Å². The Morgan fingerprint density at radius 1 is 1.10 bits per heavy atom. The maximum atomic E-state index is 14.0. The molecule has 0 radical (unpaired) electrons. The van der Waals surface area contributed by atoms with Crippen LogP contribution in [-0.4, -0.2) is 91.8 Å². The molecule has 2 fully saturated rings. The summed E-state index contributed by atoms with van der Waals surface area (Å²) in [5.41, 5.74) is 2.91. The minimum atomic E-state index is -4.55. The number of hydrogen-bond donors (Lipinski definition) is 0. The molecule has 0 aromatic carbocycles. The number of alkyl halides is 3.